The molecular weight excluding hydrogens is 232 g/mol. The summed E-state index contributed by atoms with van der Waals surface area (Å²) in [5.74, 6) is 1.80. The first-order valence-corrected chi connectivity index (χ1v) is 6.04. The Hall–Kier alpha value is -2.18. The predicted octanol–water partition coefficient (Wildman–Crippen LogP) is 0.0568. The molecule has 2 aromatic rings. The maximum atomic E-state index is 12.1. The summed E-state index contributed by atoms with van der Waals surface area (Å²) < 4.78 is 1.16. The highest BCUT2D eigenvalue weighted by Gasteiger charge is 2.25. The number of amidine groups is 1. The Bertz CT molecular complexity index is 771. The standard InChI is InChI=1S/C11H10N6O/c18-10-7-9(16-11-12-5-13-17(10)11)15-8(14-7)6-3-1-2-4-6/h5-6H,1-4H2. The Morgan fingerprint density at radius 3 is 2.89 bits per heavy atom. The van der Waals surface area contributed by atoms with Crippen LogP contribution in [-0.4, -0.2) is 25.4 Å². The van der Waals surface area contributed by atoms with Crippen molar-refractivity contribution in [2.24, 2.45) is 15.9 Å². The number of aliphatic imine (C=N–C) groups is 1. The summed E-state index contributed by atoms with van der Waals surface area (Å²) in [6.45, 7) is 0. The van der Waals surface area contributed by atoms with Crippen LogP contribution in [0.3, 0.4) is 0 Å². The summed E-state index contributed by atoms with van der Waals surface area (Å²) in [4.78, 5) is 28.9. The van der Waals surface area contributed by atoms with E-state index in [1.54, 1.807) is 0 Å². The van der Waals surface area contributed by atoms with E-state index in [1.165, 1.54) is 19.2 Å². The number of hydrogen-bond acceptors (Lipinski definition) is 6. The van der Waals surface area contributed by atoms with Gasteiger partial charge in [-0.2, -0.15) is 14.5 Å². The van der Waals surface area contributed by atoms with Crippen LogP contribution in [0.15, 0.2) is 21.1 Å². The van der Waals surface area contributed by atoms with Crippen molar-refractivity contribution in [3.63, 3.8) is 0 Å². The van der Waals surface area contributed by atoms with Gasteiger partial charge in [-0.15, -0.1) is 5.10 Å². The van der Waals surface area contributed by atoms with Crippen molar-refractivity contribution in [2.45, 2.75) is 25.7 Å². The number of fused-ring (bicyclic) bond motifs is 2. The third-order valence-electron chi connectivity index (χ3n) is 3.51. The molecule has 0 bridgehead atoms. The molecular formula is C11H10N6O. The summed E-state index contributed by atoms with van der Waals surface area (Å²) in [6, 6.07) is 0. The topological polar surface area (TPSA) is 84.9 Å². The molecule has 0 unspecified atom stereocenters. The van der Waals surface area contributed by atoms with Crippen molar-refractivity contribution in [3.8, 4) is 0 Å². The second kappa shape index (κ2) is 3.41. The highest BCUT2D eigenvalue weighted by molar-refractivity contribution is 5.90. The average molecular weight is 242 g/mol. The first-order chi connectivity index (χ1) is 8.83. The normalized spacial score (nSPS) is 19.0. The molecule has 7 heteroatoms. The van der Waals surface area contributed by atoms with Gasteiger partial charge in [-0.1, -0.05) is 12.8 Å². The van der Waals surface area contributed by atoms with Crippen LogP contribution >= 0.6 is 0 Å². The van der Waals surface area contributed by atoms with Gasteiger partial charge >= 0.3 is 5.56 Å². The monoisotopic (exact) mass is 242 g/mol. The van der Waals surface area contributed by atoms with Gasteiger partial charge in [0.2, 0.25) is 0 Å². The third kappa shape index (κ3) is 1.24. The lowest BCUT2D eigenvalue weighted by molar-refractivity contribution is 0.722. The highest BCUT2D eigenvalue weighted by Crippen LogP contribution is 2.28. The molecule has 1 fully saturated rings. The smallest absolute Gasteiger partial charge is 0.265 e. The van der Waals surface area contributed by atoms with E-state index >= 15 is 0 Å². The number of rotatable bonds is 1. The molecule has 2 aromatic heterocycles. The second-order valence-electron chi connectivity index (χ2n) is 4.62. The molecule has 90 valence electrons. The van der Waals surface area contributed by atoms with Gasteiger partial charge in [0, 0.05) is 5.92 Å². The molecule has 1 aliphatic carbocycles. The molecule has 4 rings (SSSR count). The minimum atomic E-state index is -0.288. The molecule has 0 saturated heterocycles. The largest absolute Gasteiger partial charge is 0.304 e. The molecule has 0 radical (unpaired) electrons. The maximum absolute atomic E-state index is 12.1. The lowest BCUT2D eigenvalue weighted by Crippen LogP contribution is -2.32. The first kappa shape index (κ1) is 9.81. The zero-order chi connectivity index (χ0) is 12.1. The van der Waals surface area contributed by atoms with Crippen molar-refractivity contribution in [1.29, 1.82) is 0 Å². The molecule has 3 heterocycles. The Kier molecular flexibility index (Phi) is 1.86. The Morgan fingerprint density at radius 1 is 1.22 bits per heavy atom. The summed E-state index contributed by atoms with van der Waals surface area (Å²) >= 11 is 0. The van der Waals surface area contributed by atoms with Crippen LogP contribution in [0.25, 0.3) is 5.78 Å². The number of hydrogen-bond donors (Lipinski definition) is 0. The van der Waals surface area contributed by atoms with E-state index in [9.17, 15) is 4.79 Å². The minimum absolute atomic E-state index is 0.283. The van der Waals surface area contributed by atoms with Gasteiger partial charge in [0.05, 0.1) is 0 Å². The Labute approximate surface area is 101 Å². The van der Waals surface area contributed by atoms with Crippen molar-refractivity contribution >= 4 is 17.4 Å². The SMILES string of the molecule is O=c1c2c(nc3ncnn13)N=C(C1CCCC1)N=2. The molecule has 0 atom stereocenters. The summed E-state index contributed by atoms with van der Waals surface area (Å²) in [5, 5.41) is 4.14. The molecule has 0 spiro atoms. The zero-order valence-electron chi connectivity index (χ0n) is 9.57. The second-order valence-corrected chi connectivity index (χ2v) is 4.62. The van der Waals surface area contributed by atoms with Crippen LogP contribution in [0.1, 0.15) is 25.7 Å². The van der Waals surface area contributed by atoms with Crippen LogP contribution < -0.4 is 10.9 Å². The van der Waals surface area contributed by atoms with Gasteiger partial charge < -0.3 is 0 Å². The average Bonchev–Trinajstić information content (AvgIpc) is 3.08. The van der Waals surface area contributed by atoms with Gasteiger partial charge in [0.15, 0.2) is 11.2 Å². The van der Waals surface area contributed by atoms with Gasteiger partial charge in [0.25, 0.3) is 5.78 Å². The van der Waals surface area contributed by atoms with Crippen LogP contribution in [0.5, 0.6) is 0 Å². The highest BCUT2D eigenvalue weighted by atomic mass is 16.1. The van der Waals surface area contributed by atoms with E-state index in [-0.39, 0.29) is 11.3 Å². The quantitative estimate of drug-likeness (QED) is 0.707. The van der Waals surface area contributed by atoms with E-state index in [0.29, 0.717) is 17.1 Å². The van der Waals surface area contributed by atoms with Crippen molar-refractivity contribution in [1.82, 2.24) is 19.6 Å². The number of aromatic nitrogens is 4. The van der Waals surface area contributed by atoms with E-state index in [0.717, 1.165) is 23.2 Å². The molecule has 18 heavy (non-hydrogen) atoms. The Morgan fingerprint density at radius 2 is 2.06 bits per heavy atom. The molecule has 1 saturated carbocycles. The molecule has 0 aromatic carbocycles. The Balaban J connectivity index is 1.92. The van der Waals surface area contributed by atoms with E-state index in [1.807, 2.05) is 0 Å². The van der Waals surface area contributed by atoms with Crippen LogP contribution in [0, 0.1) is 5.92 Å². The maximum Gasteiger partial charge on any atom is 0.304 e. The lowest BCUT2D eigenvalue weighted by Gasteiger charge is -2.03. The summed E-state index contributed by atoms with van der Waals surface area (Å²) in [6.07, 6.45) is 5.91. The van der Waals surface area contributed by atoms with E-state index in [4.69, 9.17) is 0 Å². The van der Waals surface area contributed by atoms with Gasteiger partial charge in [0.1, 0.15) is 12.2 Å². The predicted molar refractivity (Wildman–Crippen MR) is 62.9 cm³/mol. The molecule has 0 amide bonds. The fourth-order valence-electron chi connectivity index (χ4n) is 2.59. The fourth-order valence-corrected chi connectivity index (χ4v) is 2.59. The molecule has 1 aliphatic heterocycles. The molecule has 2 aliphatic rings. The summed E-state index contributed by atoms with van der Waals surface area (Å²) in [7, 11) is 0. The van der Waals surface area contributed by atoms with Crippen molar-refractivity contribution in [3.05, 3.63) is 22.0 Å². The van der Waals surface area contributed by atoms with Crippen LogP contribution in [0.2, 0.25) is 0 Å². The van der Waals surface area contributed by atoms with Crippen LogP contribution in [-0.2, 0) is 0 Å². The van der Waals surface area contributed by atoms with E-state index in [2.05, 4.69) is 25.1 Å². The summed E-state index contributed by atoms with van der Waals surface area (Å²) in [5.41, 5.74) is -0.288. The molecule has 0 N–H and O–H groups in total. The van der Waals surface area contributed by atoms with Crippen LogP contribution in [0.4, 0.5) is 5.82 Å². The fraction of sp³-hybridized carbons (Fsp3) is 0.455. The first-order valence-electron chi connectivity index (χ1n) is 6.04. The molecule has 7 nitrogen and oxygen atoms in total. The minimum Gasteiger partial charge on any atom is -0.265 e. The van der Waals surface area contributed by atoms with E-state index < -0.39 is 0 Å². The number of nitrogens with zero attached hydrogens (tertiary/aromatic N) is 6. The van der Waals surface area contributed by atoms with Crippen molar-refractivity contribution < 1.29 is 0 Å². The van der Waals surface area contributed by atoms with Gasteiger partial charge in [-0.25, -0.2) is 9.98 Å². The third-order valence-corrected chi connectivity index (χ3v) is 3.51. The van der Waals surface area contributed by atoms with Gasteiger partial charge in [-0.05, 0) is 12.8 Å². The van der Waals surface area contributed by atoms with Gasteiger partial charge in [-0.3, -0.25) is 4.79 Å². The lowest BCUT2D eigenvalue weighted by atomic mass is 10.1. The zero-order valence-corrected chi connectivity index (χ0v) is 9.57. The van der Waals surface area contributed by atoms with Crippen molar-refractivity contribution in [2.75, 3.05) is 0 Å².